The monoisotopic (exact) mass is 342 g/mol. The quantitative estimate of drug-likeness (QED) is 0.901. The Labute approximate surface area is 127 Å². The summed E-state index contributed by atoms with van der Waals surface area (Å²) in [5.41, 5.74) is 0.620. The molecule has 1 aliphatic rings. The minimum absolute atomic E-state index is 0.000165. The summed E-state index contributed by atoms with van der Waals surface area (Å²) in [5.74, 6) is 0.678. The number of amides is 1. The third-order valence-corrected chi connectivity index (χ3v) is 3.95. The van der Waals surface area contributed by atoms with Gasteiger partial charge in [0, 0.05) is 24.1 Å². The number of hydrogen-bond acceptors (Lipinski definition) is 4. The van der Waals surface area contributed by atoms with Crippen LogP contribution in [0.5, 0.6) is 5.75 Å². The molecule has 1 aromatic carbocycles. The minimum Gasteiger partial charge on any atom is -0.497 e. The van der Waals surface area contributed by atoms with Crippen LogP contribution in [-0.4, -0.2) is 57.3 Å². The Hall–Kier alpha value is -1.11. The number of methoxy groups -OCH3 is 1. The molecule has 1 N–H and O–H groups in total. The number of halogens is 1. The molecule has 2 rings (SSSR count). The molecular formula is C14H19BrN2O3. The first-order valence-electron chi connectivity index (χ1n) is 6.54. The van der Waals surface area contributed by atoms with Crippen molar-refractivity contribution in [2.45, 2.75) is 6.10 Å². The van der Waals surface area contributed by atoms with Crippen LogP contribution in [0, 0.1) is 0 Å². The normalized spacial score (nSPS) is 18.9. The van der Waals surface area contributed by atoms with E-state index in [9.17, 15) is 4.79 Å². The van der Waals surface area contributed by atoms with Crippen LogP contribution < -0.4 is 10.1 Å². The Balaban J connectivity index is 2.14. The summed E-state index contributed by atoms with van der Waals surface area (Å²) in [6.45, 7) is 2.52. The van der Waals surface area contributed by atoms with Gasteiger partial charge in [-0.2, -0.15) is 0 Å². The molecular weight excluding hydrogens is 324 g/mol. The van der Waals surface area contributed by atoms with Crippen LogP contribution in [0.25, 0.3) is 0 Å². The number of morpholine rings is 1. The summed E-state index contributed by atoms with van der Waals surface area (Å²) in [6.07, 6.45) is 0.0436. The maximum atomic E-state index is 12.6. The highest BCUT2D eigenvalue weighted by atomic mass is 79.9. The fourth-order valence-electron chi connectivity index (χ4n) is 2.22. The third-order valence-electron chi connectivity index (χ3n) is 3.26. The van der Waals surface area contributed by atoms with Gasteiger partial charge in [0.05, 0.1) is 25.4 Å². The highest BCUT2D eigenvalue weighted by molar-refractivity contribution is 9.10. The van der Waals surface area contributed by atoms with E-state index in [0.717, 1.165) is 11.0 Å². The van der Waals surface area contributed by atoms with Gasteiger partial charge in [0.2, 0.25) is 0 Å². The van der Waals surface area contributed by atoms with Crippen LogP contribution >= 0.6 is 15.9 Å². The molecule has 20 heavy (non-hydrogen) atoms. The highest BCUT2D eigenvalue weighted by Gasteiger charge is 2.26. The smallest absolute Gasteiger partial charge is 0.255 e. The standard InChI is InChI=1S/C14H19BrN2O3/c1-16-8-11-9-17(5-6-20-11)14(18)12-7-10(19-2)3-4-13(12)15/h3-4,7,11,16H,5-6,8-9H2,1-2H3. The number of nitrogens with zero attached hydrogens (tertiary/aromatic N) is 1. The van der Waals surface area contributed by atoms with Gasteiger partial charge >= 0.3 is 0 Å². The van der Waals surface area contributed by atoms with E-state index in [2.05, 4.69) is 21.2 Å². The van der Waals surface area contributed by atoms with Crippen LogP contribution in [0.3, 0.4) is 0 Å². The summed E-state index contributed by atoms with van der Waals surface area (Å²) < 4.78 is 11.6. The van der Waals surface area contributed by atoms with E-state index >= 15 is 0 Å². The Morgan fingerprint density at radius 3 is 3.10 bits per heavy atom. The van der Waals surface area contributed by atoms with Crippen molar-refractivity contribution in [3.05, 3.63) is 28.2 Å². The molecule has 1 unspecified atom stereocenters. The molecule has 110 valence electrons. The lowest BCUT2D eigenvalue weighted by Gasteiger charge is -2.33. The van der Waals surface area contributed by atoms with Crippen molar-refractivity contribution in [1.82, 2.24) is 10.2 Å². The van der Waals surface area contributed by atoms with Crippen LogP contribution in [0.4, 0.5) is 0 Å². The number of likely N-dealkylation sites (N-methyl/N-ethyl adjacent to an activating group) is 1. The van der Waals surface area contributed by atoms with Gasteiger partial charge in [-0.3, -0.25) is 4.79 Å². The fourth-order valence-corrected chi connectivity index (χ4v) is 2.64. The average molecular weight is 343 g/mol. The second-order valence-corrected chi connectivity index (χ2v) is 5.50. The first-order valence-corrected chi connectivity index (χ1v) is 7.34. The molecule has 1 heterocycles. The summed E-state index contributed by atoms with van der Waals surface area (Å²) in [6, 6.07) is 5.41. The number of carbonyl (C=O) groups excluding carboxylic acids is 1. The van der Waals surface area contributed by atoms with E-state index < -0.39 is 0 Å². The first-order chi connectivity index (χ1) is 9.65. The van der Waals surface area contributed by atoms with Crippen LogP contribution in [0.2, 0.25) is 0 Å². The van der Waals surface area contributed by atoms with Gasteiger partial charge in [-0.15, -0.1) is 0 Å². The second kappa shape index (κ2) is 7.06. The van der Waals surface area contributed by atoms with E-state index in [1.807, 2.05) is 24.1 Å². The van der Waals surface area contributed by atoms with Crippen molar-refractivity contribution in [2.24, 2.45) is 0 Å². The minimum atomic E-state index is 0.000165. The van der Waals surface area contributed by atoms with E-state index in [-0.39, 0.29) is 12.0 Å². The molecule has 0 saturated carbocycles. The Kier molecular flexibility index (Phi) is 5.39. The number of hydrogen-bond donors (Lipinski definition) is 1. The van der Waals surface area contributed by atoms with Crippen LogP contribution in [0.1, 0.15) is 10.4 Å². The lowest BCUT2D eigenvalue weighted by molar-refractivity contribution is -0.0196. The molecule has 0 bridgehead atoms. The molecule has 0 spiro atoms. The number of ether oxygens (including phenoxy) is 2. The molecule has 1 amide bonds. The van der Waals surface area contributed by atoms with Crippen molar-refractivity contribution in [2.75, 3.05) is 40.4 Å². The predicted molar refractivity (Wildman–Crippen MR) is 80.3 cm³/mol. The Bertz CT molecular complexity index is 479. The summed E-state index contributed by atoms with van der Waals surface area (Å²) >= 11 is 3.43. The summed E-state index contributed by atoms with van der Waals surface area (Å²) in [7, 11) is 3.47. The van der Waals surface area contributed by atoms with E-state index in [4.69, 9.17) is 9.47 Å². The maximum Gasteiger partial charge on any atom is 0.255 e. The van der Waals surface area contributed by atoms with Crippen molar-refractivity contribution in [3.63, 3.8) is 0 Å². The van der Waals surface area contributed by atoms with Gasteiger partial charge < -0.3 is 19.7 Å². The van der Waals surface area contributed by atoms with Crippen molar-refractivity contribution in [1.29, 1.82) is 0 Å². The van der Waals surface area contributed by atoms with Crippen molar-refractivity contribution >= 4 is 21.8 Å². The highest BCUT2D eigenvalue weighted by Crippen LogP contribution is 2.24. The van der Waals surface area contributed by atoms with Crippen molar-refractivity contribution < 1.29 is 14.3 Å². The molecule has 1 aromatic rings. The van der Waals surface area contributed by atoms with Gasteiger partial charge in [0.25, 0.3) is 5.91 Å². The molecule has 1 atom stereocenters. The zero-order valence-electron chi connectivity index (χ0n) is 11.7. The number of benzene rings is 1. The largest absolute Gasteiger partial charge is 0.497 e. The molecule has 0 radical (unpaired) electrons. The van der Waals surface area contributed by atoms with Gasteiger partial charge in [0.1, 0.15) is 5.75 Å². The van der Waals surface area contributed by atoms with Crippen molar-refractivity contribution in [3.8, 4) is 5.75 Å². The number of carbonyl (C=O) groups is 1. The molecule has 1 aliphatic heterocycles. The second-order valence-electron chi connectivity index (χ2n) is 4.65. The fraction of sp³-hybridized carbons (Fsp3) is 0.500. The SMILES string of the molecule is CNCC1CN(C(=O)c2cc(OC)ccc2Br)CCO1. The Morgan fingerprint density at radius 1 is 1.60 bits per heavy atom. The van der Waals surface area contributed by atoms with Gasteiger partial charge in [-0.05, 0) is 41.2 Å². The molecule has 0 aromatic heterocycles. The topological polar surface area (TPSA) is 50.8 Å². The van der Waals surface area contributed by atoms with E-state index in [1.165, 1.54) is 0 Å². The summed E-state index contributed by atoms with van der Waals surface area (Å²) in [4.78, 5) is 14.4. The van der Waals surface area contributed by atoms with Gasteiger partial charge in [-0.25, -0.2) is 0 Å². The molecule has 1 saturated heterocycles. The summed E-state index contributed by atoms with van der Waals surface area (Å²) in [5, 5.41) is 3.07. The van der Waals surface area contributed by atoms with Crippen LogP contribution in [-0.2, 0) is 4.74 Å². The zero-order chi connectivity index (χ0) is 14.5. The number of rotatable bonds is 4. The average Bonchev–Trinajstić information content (AvgIpc) is 2.48. The first kappa shape index (κ1) is 15.3. The molecule has 0 aliphatic carbocycles. The molecule has 5 nitrogen and oxygen atoms in total. The number of nitrogens with one attached hydrogen (secondary N) is 1. The Morgan fingerprint density at radius 2 is 2.40 bits per heavy atom. The third kappa shape index (κ3) is 3.50. The molecule has 6 heteroatoms. The maximum absolute atomic E-state index is 12.6. The van der Waals surface area contributed by atoms with Gasteiger partial charge in [-0.1, -0.05) is 0 Å². The van der Waals surface area contributed by atoms with Gasteiger partial charge in [0.15, 0.2) is 0 Å². The van der Waals surface area contributed by atoms with E-state index in [1.54, 1.807) is 13.2 Å². The van der Waals surface area contributed by atoms with Crippen LogP contribution in [0.15, 0.2) is 22.7 Å². The molecule has 1 fully saturated rings. The van der Waals surface area contributed by atoms with E-state index in [0.29, 0.717) is 31.0 Å². The zero-order valence-corrected chi connectivity index (χ0v) is 13.3. The predicted octanol–water partition coefficient (Wildman–Crippen LogP) is 1.52. The lowest BCUT2D eigenvalue weighted by Crippen LogP contribution is -2.48. The lowest BCUT2D eigenvalue weighted by atomic mass is 10.1.